The van der Waals surface area contributed by atoms with E-state index in [1.54, 1.807) is 30.8 Å². The molecule has 0 bridgehead atoms. The molecule has 3 aromatic rings. The number of aromatic nitrogens is 2. The van der Waals surface area contributed by atoms with Crippen molar-refractivity contribution in [3.63, 3.8) is 0 Å². The summed E-state index contributed by atoms with van der Waals surface area (Å²) in [7, 11) is 0. The summed E-state index contributed by atoms with van der Waals surface area (Å²) in [6.45, 7) is 3.43. The van der Waals surface area contributed by atoms with Gasteiger partial charge in [0.1, 0.15) is 17.4 Å². The topological polar surface area (TPSA) is 74.5 Å². The van der Waals surface area contributed by atoms with E-state index >= 15 is 0 Å². The van der Waals surface area contributed by atoms with Crippen molar-refractivity contribution in [2.45, 2.75) is 6.54 Å². The lowest BCUT2D eigenvalue weighted by Crippen LogP contribution is -2.49. The fourth-order valence-corrected chi connectivity index (χ4v) is 3.11. The molecule has 27 heavy (non-hydrogen) atoms. The van der Waals surface area contributed by atoms with Crippen molar-refractivity contribution in [1.82, 2.24) is 14.9 Å². The first-order valence-electron chi connectivity index (χ1n) is 8.97. The second-order valence-electron chi connectivity index (χ2n) is 6.33. The second-order valence-corrected chi connectivity index (χ2v) is 6.33. The second kappa shape index (κ2) is 7.90. The molecule has 4 heterocycles. The Hall–Kier alpha value is -3.35. The predicted octanol–water partition coefficient (Wildman–Crippen LogP) is 2.64. The predicted molar refractivity (Wildman–Crippen MR) is 103 cm³/mol. The Labute approximate surface area is 157 Å². The number of hydrogen-bond acceptors (Lipinski definition) is 6. The number of anilines is 2. The molecule has 4 rings (SSSR count). The van der Waals surface area contributed by atoms with Crippen molar-refractivity contribution in [1.29, 1.82) is 0 Å². The molecule has 0 atom stereocenters. The van der Waals surface area contributed by atoms with Gasteiger partial charge in [-0.05, 0) is 36.4 Å². The summed E-state index contributed by atoms with van der Waals surface area (Å²) in [6.07, 6.45) is 5.08. The van der Waals surface area contributed by atoms with E-state index < -0.39 is 0 Å². The lowest BCUT2D eigenvalue weighted by atomic mass is 10.2. The molecule has 1 amide bonds. The number of carbonyl (C=O) groups excluding carboxylic acids is 1. The van der Waals surface area contributed by atoms with Gasteiger partial charge >= 0.3 is 0 Å². The van der Waals surface area contributed by atoms with Crippen molar-refractivity contribution in [3.05, 3.63) is 72.4 Å². The van der Waals surface area contributed by atoms with Crippen LogP contribution in [-0.2, 0) is 6.54 Å². The summed E-state index contributed by atoms with van der Waals surface area (Å²) in [6, 6.07) is 13.2. The minimum atomic E-state index is 0.0270. The van der Waals surface area contributed by atoms with Crippen LogP contribution in [0.2, 0.25) is 0 Å². The normalized spacial score (nSPS) is 14.2. The molecule has 3 aromatic heterocycles. The molecule has 1 fully saturated rings. The largest absolute Gasteiger partial charge is 0.467 e. The van der Waals surface area contributed by atoms with Crippen LogP contribution >= 0.6 is 0 Å². The third-order valence-corrected chi connectivity index (χ3v) is 4.57. The first-order chi connectivity index (χ1) is 13.3. The van der Waals surface area contributed by atoms with E-state index in [0.717, 1.165) is 24.7 Å². The summed E-state index contributed by atoms with van der Waals surface area (Å²) in [4.78, 5) is 25.6. The molecule has 0 aliphatic carbocycles. The molecule has 1 saturated heterocycles. The van der Waals surface area contributed by atoms with Crippen LogP contribution in [0.4, 0.5) is 11.6 Å². The van der Waals surface area contributed by atoms with Gasteiger partial charge in [-0.1, -0.05) is 6.07 Å². The Balaban J connectivity index is 1.36. The van der Waals surface area contributed by atoms with Gasteiger partial charge in [-0.25, -0.2) is 9.97 Å². The number of piperazine rings is 1. The number of pyridine rings is 2. The zero-order valence-corrected chi connectivity index (χ0v) is 14.9. The number of carbonyl (C=O) groups is 1. The highest BCUT2D eigenvalue weighted by Crippen LogP contribution is 2.16. The van der Waals surface area contributed by atoms with Crippen LogP contribution in [0.3, 0.4) is 0 Å². The summed E-state index contributed by atoms with van der Waals surface area (Å²) in [5.41, 5.74) is 0.637. The van der Waals surface area contributed by atoms with Crippen molar-refractivity contribution in [2.24, 2.45) is 0 Å². The fourth-order valence-electron chi connectivity index (χ4n) is 3.11. The average molecular weight is 363 g/mol. The van der Waals surface area contributed by atoms with E-state index in [0.29, 0.717) is 31.0 Å². The first kappa shape index (κ1) is 17.1. The third-order valence-electron chi connectivity index (χ3n) is 4.57. The number of hydrogen-bond donors (Lipinski definition) is 1. The highest BCUT2D eigenvalue weighted by atomic mass is 16.3. The summed E-state index contributed by atoms with van der Waals surface area (Å²) < 4.78 is 5.30. The van der Waals surface area contributed by atoms with Crippen LogP contribution in [0, 0.1) is 0 Å². The number of rotatable bonds is 5. The number of furan rings is 1. The van der Waals surface area contributed by atoms with Gasteiger partial charge < -0.3 is 19.5 Å². The van der Waals surface area contributed by atoms with E-state index in [4.69, 9.17) is 4.42 Å². The van der Waals surface area contributed by atoms with Crippen LogP contribution < -0.4 is 10.2 Å². The highest BCUT2D eigenvalue weighted by Gasteiger charge is 2.23. The molecule has 1 aliphatic rings. The number of nitrogens with zero attached hydrogens (tertiary/aromatic N) is 4. The zero-order chi connectivity index (χ0) is 18.5. The van der Waals surface area contributed by atoms with Crippen LogP contribution in [0.5, 0.6) is 0 Å². The third kappa shape index (κ3) is 4.08. The summed E-state index contributed by atoms with van der Waals surface area (Å²) >= 11 is 0. The first-order valence-corrected chi connectivity index (χ1v) is 8.97. The van der Waals surface area contributed by atoms with Gasteiger partial charge in [0.05, 0.1) is 12.8 Å². The quantitative estimate of drug-likeness (QED) is 0.751. The number of nitrogens with one attached hydrogen (secondary N) is 1. The van der Waals surface area contributed by atoms with Crippen molar-refractivity contribution in [2.75, 3.05) is 36.4 Å². The van der Waals surface area contributed by atoms with Crippen molar-refractivity contribution in [3.8, 4) is 0 Å². The van der Waals surface area contributed by atoms with Crippen molar-refractivity contribution >= 4 is 17.5 Å². The van der Waals surface area contributed by atoms with E-state index in [1.807, 2.05) is 35.2 Å². The van der Waals surface area contributed by atoms with Gasteiger partial charge in [-0.3, -0.25) is 4.79 Å². The molecule has 7 nitrogen and oxygen atoms in total. The highest BCUT2D eigenvalue weighted by molar-refractivity contribution is 5.95. The van der Waals surface area contributed by atoms with Gasteiger partial charge in [0.2, 0.25) is 0 Å². The Morgan fingerprint density at radius 1 is 1.04 bits per heavy atom. The molecular weight excluding hydrogens is 342 g/mol. The molecule has 138 valence electrons. The van der Waals surface area contributed by atoms with Gasteiger partial charge in [-0.15, -0.1) is 0 Å². The average Bonchev–Trinajstić information content (AvgIpc) is 3.26. The fraction of sp³-hybridized carbons (Fsp3) is 0.250. The standard InChI is InChI=1S/C20H21N5O2/c26-20(25-11-9-24(10-12-25)19-5-1-2-7-22-19)16-6-8-21-18(14-16)23-15-17-4-3-13-27-17/h1-8,13-14H,9-12,15H2,(H,21,23). The molecule has 1 aliphatic heterocycles. The Morgan fingerprint density at radius 2 is 1.93 bits per heavy atom. The van der Waals surface area contributed by atoms with Gasteiger partial charge in [0.15, 0.2) is 0 Å². The summed E-state index contributed by atoms with van der Waals surface area (Å²) in [5.74, 6) is 2.46. The van der Waals surface area contributed by atoms with E-state index in [2.05, 4.69) is 20.2 Å². The van der Waals surface area contributed by atoms with Crippen LogP contribution in [0.1, 0.15) is 16.1 Å². The van der Waals surface area contributed by atoms with Gasteiger partial charge in [0.25, 0.3) is 5.91 Å². The van der Waals surface area contributed by atoms with Gasteiger partial charge in [0, 0.05) is 44.1 Å². The van der Waals surface area contributed by atoms with Crippen LogP contribution in [0.15, 0.2) is 65.5 Å². The molecule has 7 heteroatoms. The minimum Gasteiger partial charge on any atom is -0.467 e. The smallest absolute Gasteiger partial charge is 0.254 e. The van der Waals surface area contributed by atoms with E-state index in [1.165, 1.54) is 0 Å². The van der Waals surface area contributed by atoms with Gasteiger partial charge in [-0.2, -0.15) is 0 Å². The molecule has 0 unspecified atom stereocenters. The maximum atomic E-state index is 12.8. The molecule has 0 radical (unpaired) electrons. The number of amides is 1. The monoisotopic (exact) mass is 363 g/mol. The van der Waals surface area contributed by atoms with E-state index in [9.17, 15) is 4.79 Å². The lowest BCUT2D eigenvalue weighted by Gasteiger charge is -2.35. The SMILES string of the molecule is O=C(c1ccnc(NCc2ccco2)c1)N1CCN(c2ccccn2)CC1. The molecule has 0 spiro atoms. The molecule has 1 N–H and O–H groups in total. The van der Waals surface area contributed by atoms with Crippen LogP contribution in [0.25, 0.3) is 0 Å². The molecular formula is C20H21N5O2. The molecule has 0 saturated carbocycles. The Bertz CT molecular complexity index is 874. The van der Waals surface area contributed by atoms with E-state index in [-0.39, 0.29) is 5.91 Å². The summed E-state index contributed by atoms with van der Waals surface area (Å²) in [5, 5.41) is 3.18. The van der Waals surface area contributed by atoms with Crippen LogP contribution in [-0.4, -0.2) is 47.0 Å². The lowest BCUT2D eigenvalue weighted by molar-refractivity contribution is 0.0746. The Kier molecular flexibility index (Phi) is 5.00. The maximum Gasteiger partial charge on any atom is 0.254 e. The molecule has 0 aromatic carbocycles. The maximum absolute atomic E-state index is 12.8. The Morgan fingerprint density at radius 3 is 2.67 bits per heavy atom. The van der Waals surface area contributed by atoms with Crippen molar-refractivity contribution < 1.29 is 9.21 Å². The zero-order valence-electron chi connectivity index (χ0n) is 14.9. The minimum absolute atomic E-state index is 0.0270.